The maximum absolute atomic E-state index is 13.3. The third-order valence-electron chi connectivity index (χ3n) is 6.37. The van der Waals surface area contributed by atoms with Gasteiger partial charge in [-0.05, 0) is 53.5 Å². The standard InChI is InChI=1S/C23H24N4O/c1-23(19-10-9-17-12-25-13-18(17)11-19)20(21(28)27(2)22(24)26-23)16-7-5-15(6-8-16)14-3-4-14/h5-12,14,20H,3-4,13H2,1-2H3,(H2,24,26)/t20-,23+/m0/s1. The molecule has 2 aromatic rings. The number of carbonyl (C=O) groups is 1. The van der Waals surface area contributed by atoms with E-state index in [1.807, 2.05) is 13.1 Å². The van der Waals surface area contributed by atoms with Crippen LogP contribution in [0.4, 0.5) is 0 Å². The number of carbonyl (C=O) groups excluding carboxylic acids is 1. The average molecular weight is 372 g/mol. The molecule has 2 aliphatic heterocycles. The zero-order valence-corrected chi connectivity index (χ0v) is 16.2. The second-order valence-corrected chi connectivity index (χ2v) is 8.27. The van der Waals surface area contributed by atoms with Crippen molar-refractivity contribution >= 4 is 18.1 Å². The highest BCUT2D eigenvalue weighted by atomic mass is 16.2. The normalized spacial score (nSPS) is 26.4. The first-order chi connectivity index (χ1) is 13.5. The van der Waals surface area contributed by atoms with E-state index in [-0.39, 0.29) is 11.9 Å². The van der Waals surface area contributed by atoms with Crippen molar-refractivity contribution in [3.05, 3.63) is 70.3 Å². The molecule has 0 aromatic heterocycles. The molecule has 2 atom stereocenters. The highest BCUT2D eigenvalue weighted by Gasteiger charge is 2.47. The SMILES string of the molecule is CN1C(=O)[C@H](c2ccc(C3CC3)cc2)[C@@](C)(c2ccc3c(c2)CN=C3)N=C1N. The van der Waals surface area contributed by atoms with Crippen molar-refractivity contribution in [2.45, 2.75) is 43.7 Å². The van der Waals surface area contributed by atoms with Gasteiger partial charge in [0.2, 0.25) is 5.91 Å². The van der Waals surface area contributed by atoms with E-state index in [2.05, 4.69) is 47.5 Å². The van der Waals surface area contributed by atoms with Crippen molar-refractivity contribution in [3.8, 4) is 0 Å². The molecule has 5 rings (SSSR count). The maximum Gasteiger partial charge on any atom is 0.239 e. The molecule has 2 aromatic carbocycles. The summed E-state index contributed by atoms with van der Waals surface area (Å²) in [6.45, 7) is 2.69. The summed E-state index contributed by atoms with van der Waals surface area (Å²) >= 11 is 0. The number of nitrogens with two attached hydrogens (primary N) is 1. The smallest absolute Gasteiger partial charge is 0.239 e. The van der Waals surface area contributed by atoms with Gasteiger partial charge in [0.25, 0.3) is 0 Å². The molecule has 3 aliphatic rings. The molecule has 1 amide bonds. The number of guanidine groups is 1. The topological polar surface area (TPSA) is 71.0 Å². The lowest BCUT2D eigenvalue weighted by molar-refractivity contribution is -0.130. The van der Waals surface area contributed by atoms with Crippen LogP contribution in [0.2, 0.25) is 0 Å². The summed E-state index contributed by atoms with van der Waals surface area (Å²) < 4.78 is 0. The lowest BCUT2D eigenvalue weighted by Gasteiger charge is -2.41. The van der Waals surface area contributed by atoms with Crippen molar-refractivity contribution in [1.82, 2.24) is 4.90 Å². The number of hydrogen-bond donors (Lipinski definition) is 1. The number of benzene rings is 2. The Balaban J connectivity index is 1.62. The number of nitrogens with zero attached hydrogens (tertiary/aromatic N) is 3. The molecule has 0 bridgehead atoms. The van der Waals surface area contributed by atoms with E-state index in [1.165, 1.54) is 28.9 Å². The van der Waals surface area contributed by atoms with Crippen molar-refractivity contribution in [1.29, 1.82) is 0 Å². The fraction of sp³-hybridized carbons (Fsp3) is 0.348. The zero-order valence-electron chi connectivity index (χ0n) is 16.2. The van der Waals surface area contributed by atoms with Gasteiger partial charge < -0.3 is 5.73 Å². The first kappa shape index (κ1) is 17.2. The minimum atomic E-state index is -0.758. The Morgan fingerprint density at radius 3 is 2.54 bits per heavy atom. The van der Waals surface area contributed by atoms with Crippen LogP contribution in [0.1, 0.15) is 59.4 Å². The summed E-state index contributed by atoms with van der Waals surface area (Å²) in [5.74, 6) is 0.509. The van der Waals surface area contributed by atoms with E-state index in [0.717, 1.165) is 16.7 Å². The van der Waals surface area contributed by atoms with Crippen molar-refractivity contribution in [2.75, 3.05) is 7.05 Å². The van der Waals surface area contributed by atoms with Gasteiger partial charge in [0.15, 0.2) is 5.96 Å². The lowest BCUT2D eigenvalue weighted by atomic mass is 9.73. The number of likely N-dealkylation sites (N-methyl/N-ethyl adjacent to an activating group) is 1. The van der Waals surface area contributed by atoms with E-state index >= 15 is 0 Å². The molecule has 142 valence electrons. The highest BCUT2D eigenvalue weighted by molar-refractivity contribution is 6.02. The molecule has 5 heteroatoms. The minimum absolute atomic E-state index is 0.0223. The summed E-state index contributed by atoms with van der Waals surface area (Å²) in [6.07, 6.45) is 4.42. The third-order valence-corrected chi connectivity index (χ3v) is 6.37. The van der Waals surface area contributed by atoms with Crippen LogP contribution in [0.15, 0.2) is 52.4 Å². The minimum Gasteiger partial charge on any atom is -0.369 e. The fourth-order valence-corrected chi connectivity index (χ4v) is 4.43. The molecule has 0 saturated heterocycles. The van der Waals surface area contributed by atoms with E-state index in [1.54, 1.807) is 7.05 Å². The van der Waals surface area contributed by atoms with Crippen LogP contribution >= 0.6 is 0 Å². The van der Waals surface area contributed by atoms with Gasteiger partial charge in [-0.3, -0.25) is 14.7 Å². The summed E-state index contributed by atoms with van der Waals surface area (Å²) in [7, 11) is 1.70. The van der Waals surface area contributed by atoms with Crippen LogP contribution in [-0.4, -0.2) is 30.0 Å². The van der Waals surface area contributed by atoms with Crippen molar-refractivity contribution in [2.24, 2.45) is 15.7 Å². The first-order valence-corrected chi connectivity index (χ1v) is 9.83. The summed E-state index contributed by atoms with van der Waals surface area (Å²) in [5, 5.41) is 0. The largest absolute Gasteiger partial charge is 0.369 e. The van der Waals surface area contributed by atoms with Crippen LogP contribution in [0.3, 0.4) is 0 Å². The Kier molecular flexibility index (Phi) is 3.69. The first-order valence-electron chi connectivity index (χ1n) is 9.83. The second kappa shape index (κ2) is 6.03. The molecule has 2 heterocycles. The van der Waals surface area contributed by atoms with Crippen LogP contribution in [0, 0.1) is 0 Å². The number of hydrogen-bond acceptors (Lipinski definition) is 4. The van der Waals surface area contributed by atoms with Crippen molar-refractivity contribution < 1.29 is 4.79 Å². The van der Waals surface area contributed by atoms with Gasteiger partial charge >= 0.3 is 0 Å². The molecular weight excluding hydrogens is 348 g/mol. The summed E-state index contributed by atoms with van der Waals surface area (Å²) in [4.78, 5) is 24.0. The average Bonchev–Trinajstić information content (AvgIpc) is 3.43. The maximum atomic E-state index is 13.3. The number of amides is 1. The van der Waals surface area contributed by atoms with Gasteiger partial charge in [0, 0.05) is 13.3 Å². The van der Waals surface area contributed by atoms with Crippen LogP contribution < -0.4 is 5.73 Å². The molecule has 0 spiro atoms. The molecule has 2 N–H and O–H groups in total. The predicted molar refractivity (Wildman–Crippen MR) is 111 cm³/mol. The van der Waals surface area contributed by atoms with Gasteiger partial charge in [0.1, 0.15) is 5.54 Å². The monoisotopic (exact) mass is 372 g/mol. The molecule has 5 nitrogen and oxygen atoms in total. The zero-order chi connectivity index (χ0) is 19.5. The molecule has 0 radical (unpaired) electrons. The Morgan fingerprint density at radius 1 is 1.11 bits per heavy atom. The quantitative estimate of drug-likeness (QED) is 0.898. The summed E-state index contributed by atoms with van der Waals surface area (Å²) in [6, 6.07) is 14.8. The molecule has 28 heavy (non-hydrogen) atoms. The lowest BCUT2D eigenvalue weighted by Crippen LogP contribution is -2.52. The highest BCUT2D eigenvalue weighted by Crippen LogP contribution is 2.45. The van der Waals surface area contributed by atoms with E-state index in [9.17, 15) is 4.79 Å². The van der Waals surface area contributed by atoms with Gasteiger partial charge in [-0.2, -0.15) is 0 Å². The van der Waals surface area contributed by atoms with Crippen LogP contribution in [-0.2, 0) is 16.9 Å². The Labute approximate surface area is 165 Å². The number of rotatable bonds is 3. The molecule has 1 saturated carbocycles. The van der Waals surface area contributed by atoms with Crippen LogP contribution in [0.25, 0.3) is 0 Å². The van der Waals surface area contributed by atoms with Gasteiger partial charge in [0.05, 0.1) is 12.5 Å². The third kappa shape index (κ3) is 2.57. The Hall–Kier alpha value is -2.95. The van der Waals surface area contributed by atoms with Gasteiger partial charge in [-0.15, -0.1) is 0 Å². The molecular formula is C23H24N4O. The van der Waals surface area contributed by atoms with E-state index < -0.39 is 11.5 Å². The molecule has 1 fully saturated rings. The fourth-order valence-electron chi connectivity index (χ4n) is 4.43. The molecule has 0 unspecified atom stereocenters. The second-order valence-electron chi connectivity index (χ2n) is 8.27. The predicted octanol–water partition coefficient (Wildman–Crippen LogP) is 3.28. The molecule has 1 aliphatic carbocycles. The van der Waals surface area contributed by atoms with Gasteiger partial charge in [-0.1, -0.05) is 42.5 Å². The Bertz CT molecular complexity index is 1020. The van der Waals surface area contributed by atoms with E-state index in [0.29, 0.717) is 12.5 Å². The number of fused-ring (bicyclic) bond motifs is 1. The number of aliphatic imine (C=N–C) groups is 2. The van der Waals surface area contributed by atoms with E-state index in [4.69, 9.17) is 10.7 Å². The van der Waals surface area contributed by atoms with Crippen molar-refractivity contribution in [3.63, 3.8) is 0 Å². The van der Waals surface area contributed by atoms with Crippen LogP contribution in [0.5, 0.6) is 0 Å². The van der Waals surface area contributed by atoms with Gasteiger partial charge in [-0.25, -0.2) is 4.99 Å². The Morgan fingerprint density at radius 2 is 1.82 bits per heavy atom. The summed E-state index contributed by atoms with van der Waals surface area (Å²) in [5.41, 5.74) is 11.0.